The summed E-state index contributed by atoms with van der Waals surface area (Å²) in [5.74, 6) is -5.88. The number of hydrogen-bond donors (Lipinski definition) is 2. The summed E-state index contributed by atoms with van der Waals surface area (Å²) in [6, 6.07) is 1.80. The van der Waals surface area contributed by atoms with Crippen LogP contribution in [0.15, 0.2) is 35.3 Å². The minimum atomic E-state index is -4.97. The molecule has 1 fully saturated rings. The molecule has 2 N–H and O–H groups in total. The molecule has 0 spiro atoms. The van der Waals surface area contributed by atoms with Crippen LogP contribution in [-0.2, 0) is 9.53 Å². The minimum absolute atomic E-state index is 0.0785. The predicted octanol–water partition coefficient (Wildman–Crippen LogP) is 2.56. The molecule has 2 unspecified atom stereocenters. The van der Waals surface area contributed by atoms with Crippen molar-refractivity contribution in [2.24, 2.45) is 0 Å². The van der Waals surface area contributed by atoms with E-state index in [0.29, 0.717) is 22.9 Å². The fourth-order valence-electron chi connectivity index (χ4n) is 3.91. The topological polar surface area (TPSA) is 114 Å². The Morgan fingerprint density at radius 1 is 1.21 bits per heavy atom. The van der Waals surface area contributed by atoms with E-state index in [1.165, 1.54) is 6.07 Å². The third-order valence-electron chi connectivity index (χ3n) is 5.56. The van der Waals surface area contributed by atoms with Crippen LogP contribution in [0.3, 0.4) is 0 Å². The second-order valence-corrected chi connectivity index (χ2v) is 8.49. The summed E-state index contributed by atoms with van der Waals surface area (Å²) in [6.07, 6.45) is -5.47. The summed E-state index contributed by atoms with van der Waals surface area (Å²) in [4.78, 5) is 43.4. The predicted molar refractivity (Wildman–Crippen MR) is 119 cm³/mol. The maximum atomic E-state index is 14.8. The Labute approximate surface area is 209 Å². The third-order valence-corrected chi connectivity index (χ3v) is 5.56. The van der Waals surface area contributed by atoms with Gasteiger partial charge in [0.05, 0.1) is 37.1 Å². The average molecular weight is 544 g/mol. The zero-order chi connectivity index (χ0) is 27.9. The minimum Gasteiger partial charge on any atom is -0.391 e. The summed E-state index contributed by atoms with van der Waals surface area (Å²) in [5, 5.41) is 11.6. The molecule has 2 amide bonds. The monoisotopic (exact) mass is 544 g/mol. The highest BCUT2D eigenvalue weighted by atomic mass is 19.4. The van der Waals surface area contributed by atoms with Crippen LogP contribution in [0.25, 0.3) is 16.7 Å². The molecule has 202 valence electrons. The molecule has 0 bridgehead atoms. The van der Waals surface area contributed by atoms with Gasteiger partial charge >= 0.3 is 6.36 Å². The number of nitrogens with one attached hydrogen (secondary N) is 1. The molecule has 1 aliphatic heterocycles. The first-order chi connectivity index (χ1) is 17.7. The number of alkyl halides is 3. The number of halogens is 6. The fourth-order valence-corrected chi connectivity index (χ4v) is 3.91. The van der Waals surface area contributed by atoms with Crippen LogP contribution < -0.4 is 15.6 Å². The molecule has 0 aliphatic carbocycles. The quantitative estimate of drug-likeness (QED) is 0.462. The first-order valence-corrected chi connectivity index (χ1v) is 11.0. The number of aromatic nitrogens is 2. The number of ether oxygens (including phenoxy) is 1. The highest BCUT2D eigenvalue weighted by Crippen LogP contribution is 2.26. The number of fused-ring (bicyclic) bond motifs is 1. The normalized spacial score (nSPS) is 16.8. The number of β-amino-alcohol motifs (C(OH)–C–C–N with tert-alkyl or cyclic N) is 1. The molecule has 3 heterocycles. The van der Waals surface area contributed by atoms with Gasteiger partial charge in [0.15, 0.2) is 17.3 Å². The van der Waals surface area contributed by atoms with Crippen LogP contribution in [0.1, 0.15) is 23.7 Å². The van der Waals surface area contributed by atoms with Crippen molar-refractivity contribution in [1.82, 2.24) is 14.9 Å². The molecule has 0 saturated carbocycles. The van der Waals surface area contributed by atoms with Crippen molar-refractivity contribution in [2.75, 3.05) is 18.1 Å². The van der Waals surface area contributed by atoms with E-state index in [1.807, 2.05) is 0 Å². The largest absolute Gasteiger partial charge is 0.522 e. The van der Waals surface area contributed by atoms with Gasteiger partial charge in [0.25, 0.3) is 5.91 Å². The van der Waals surface area contributed by atoms with Crippen molar-refractivity contribution >= 4 is 28.7 Å². The van der Waals surface area contributed by atoms with Gasteiger partial charge in [-0.05, 0) is 19.1 Å². The summed E-state index contributed by atoms with van der Waals surface area (Å²) < 4.78 is 84.4. The van der Waals surface area contributed by atoms with Crippen LogP contribution in [0.2, 0.25) is 0 Å². The van der Waals surface area contributed by atoms with Gasteiger partial charge in [0.2, 0.25) is 11.3 Å². The van der Waals surface area contributed by atoms with Crippen molar-refractivity contribution in [2.45, 2.75) is 31.9 Å². The van der Waals surface area contributed by atoms with E-state index in [2.05, 4.69) is 15.0 Å². The maximum Gasteiger partial charge on any atom is 0.522 e. The number of anilines is 1. The lowest BCUT2D eigenvalue weighted by molar-refractivity contribution is -0.325. The zero-order valence-corrected chi connectivity index (χ0v) is 19.4. The molecule has 38 heavy (non-hydrogen) atoms. The molecular weight excluding hydrogens is 526 g/mol. The Morgan fingerprint density at radius 2 is 1.87 bits per heavy atom. The summed E-state index contributed by atoms with van der Waals surface area (Å²) in [7, 11) is 0. The van der Waals surface area contributed by atoms with E-state index in [9.17, 15) is 45.8 Å². The van der Waals surface area contributed by atoms with Crippen molar-refractivity contribution < 1.29 is 45.8 Å². The molecule has 1 saturated heterocycles. The highest BCUT2D eigenvalue weighted by molar-refractivity contribution is 5.99. The summed E-state index contributed by atoms with van der Waals surface area (Å²) in [6.45, 7) is 0.0376. The Morgan fingerprint density at radius 3 is 2.45 bits per heavy atom. The SMILES string of the molecule is CC(COC(F)(F)F)NC(=O)c1cn(-c2c(F)cc(F)cc2F)c2nc(N3CC(O)CC3=O)ccc2c1=O. The zero-order valence-electron chi connectivity index (χ0n) is 19.4. The lowest BCUT2D eigenvalue weighted by Crippen LogP contribution is -2.39. The molecule has 2 atom stereocenters. The van der Waals surface area contributed by atoms with Crippen LogP contribution in [-0.4, -0.2) is 58.1 Å². The first kappa shape index (κ1) is 27.1. The van der Waals surface area contributed by atoms with Gasteiger partial charge < -0.3 is 10.4 Å². The Kier molecular flexibility index (Phi) is 7.16. The molecule has 9 nitrogen and oxygen atoms in total. The number of benzene rings is 1. The van der Waals surface area contributed by atoms with E-state index in [4.69, 9.17) is 0 Å². The molecule has 15 heteroatoms. The second kappa shape index (κ2) is 10.1. The highest BCUT2D eigenvalue weighted by Gasteiger charge is 2.32. The first-order valence-electron chi connectivity index (χ1n) is 11.0. The molecule has 1 aromatic carbocycles. The molecular formula is C23H18F6N4O5. The number of hydrogen-bond acceptors (Lipinski definition) is 6. The molecule has 1 aliphatic rings. The van der Waals surface area contributed by atoms with Gasteiger partial charge in [0, 0.05) is 18.3 Å². The molecule has 0 radical (unpaired) electrons. The number of carbonyl (C=O) groups is 2. The van der Waals surface area contributed by atoms with E-state index in [-0.39, 0.29) is 24.2 Å². The standard InChI is InChI=1S/C23H18F6N4O5/c1-10(9-38-23(27,28)29)30-22(37)14-8-33(19-15(25)4-11(24)5-16(19)26)21-13(20(14)36)2-3-17(31-21)32-7-12(34)6-18(32)35/h2-5,8,10,12,34H,6-7,9H2,1H3,(H,30,37). The lowest BCUT2D eigenvalue weighted by Gasteiger charge is -2.19. The van der Waals surface area contributed by atoms with Gasteiger partial charge in [0.1, 0.15) is 22.9 Å². The van der Waals surface area contributed by atoms with E-state index in [0.717, 1.165) is 17.9 Å². The number of aliphatic hydroxyl groups is 1. The lowest BCUT2D eigenvalue weighted by atomic mass is 10.1. The van der Waals surface area contributed by atoms with Crippen LogP contribution in [0.4, 0.5) is 32.2 Å². The van der Waals surface area contributed by atoms with Crippen LogP contribution in [0.5, 0.6) is 0 Å². The Balaban J connectivity index is 1.86. The second-order valence-electron chi connectivity index (χ2n) is 8.49. The summed E-state index contributed by atoms with van der Waals surface area (Å²) in [5.41, 5.74) is -3.05. The smallest absolute Gasteiger partial charge is 0.391 e. The van der Waals surface area contributed by atoms with Gasteiger partial charge in [-0.2, -0.15) is 0 Å². The van der Waals surface area contributed by atoms with Crippen molar-refractivity contribution in [3.63, 3.8) is 0 Å². The number of aliphatic hydroxyl groups excluding tert-OH is 1. The Hall–Kier alpha value is -3.98. The maximum absolute atomic E-state index is 14.8. The molecule has 3 aromatic rings. The van der Waals surface area contributed by atoms with Gasteiger partial charge in [-0.25, -0.2) is 18.2 Å². The molecule has 2 aromatic heterocycles. The number of nitrogens with zero attached hydrogens (tertiary/aromatic N) is 3. The fraction of sp³-hybridized carbons (Fsp3) is 0.304. The number of amides is 2. The average Bonchev–Trinajstić information content (AvgIpc) is 3.15. The number of rotatable bonds is 6. The van der Waals surface area contributed by atoms with Gasteiger partial charge in [-0.1, -0.05) is 0 Å². The van der Waals surface area contributed by atoms with Gasteiger partial charge in [-0.15, -0.1) is 13.2 Å². The van der Waals surface area contributed by atoms with Crippen LogP contribution in [0, 0.1) is 17.5 Å². The van der Waals surface area contributed by atoms with E-state index < -0.39 is 76.7 Å². The van der Waals surface area contributed by atoms with Crippen molar-refractivity contribution in [1.29, 1.82) is 0 Å². The van der Waals surface area contributed by atoms with E-state index >= 15 is 0 Å². The molecule has 4 rings (SSSR count). The van der Waals surface area contributed by atoms with E-state index in [1.54, 1.807) is 0 Å². The van der Waals surface area contributed by atoms with Gasteiger partial charge in [-0.3, -0.25) is 28.6 Å². The van der Waals surface area contributed by atoms with Crippen LogP contribution >= 0.6 is 0 Å². The Bertz CT molecular complexity index is 1470. The van der Waals surface area contributed by atoms with Crippen molar-refractivity contribution in [3.8, 4) is 5.69 Å². The third kappa shape index (κ3) is 5.47. The number of carbonyl (C=O) groups excluding carboxylic acids is 2. The summed E-state index contributed by atoms with van der Waals surface area (Å²) >= 11 is 0. The van der Waals surface area contributed by atoms with Crippen molar-refractivity contribution in [3.05, 3.63) is 63.7 Å². The number of pyridine rings is 2.